The van der Waals surface area contributed by atoms with Crippen LogP contribution in [0.1, 0.15) is 25.7 Å². The van der Waals surface area contributed by atoms with E-state index in [1.165, 1.54) is 0 Å². The SMILES string of the molecule is O=CCC(O)CC(=O)OC(CC=O)CC(=O)O. The number of aldehydes is 2. The standard InChI is InChI=1S/C10H14O7/c11-3-1-7(13)5-10(16)17-8(2-4-12)6-9(14)15/h3-4,7-8,13H,1-2,5-6H2,(H,14,15). The number of carbonyl (C=O) groups excluding carboxylic acids is 3. The number of ether oxygens (including phenoxy) is 1. The largest absolute Gasteiger partial charge is 0.481 e. The Morgan fingerprint density at radius 2 is 1.71 bits per heavy atom. The Morgan fingerprint density at radius 3 is 2.18 bits per heavy atom. The Hall–Kier alpha value is -1.76. The molecule has 7 heteroatoms. The van der Waals surface area contributed by atoms with Gasteiger partial charge in [0.05, 0.1) is 18.9 Å². The maximum atomic E-state index is 11.2. The van der Waals surface area contributed by atoms with Gasteiger partial charge >= 0.3 is 11.9 Å². The molecule has 0 rings (SSSR count). The number of carbonyl (C=O) groups is 4. The van der Waals surface area contributed by atoms with Gasteiger partial charge < -0.3 is 24.5 Å². The first-order valence-electron chi connectivity index (χ1n) is 4.96. The highest BCUT2D eigenvalue weighted by Gasteiger charge is 2.19. The Balaban J connectivity index is 4.14. The van der Waals surface area contributed by atoms with Crippen molar-refractivity contribution in [3.05, 3.63) is 0 Å². The van der Waals surface area contributed by atoms with Crippen molar-refractivity contribution in [3.8, 4) is 0 Å². The second-order valence-corrected chi connectivity index (χ2v) is 3.37. The van der Waals surface area contributed by atoms with Crippen LogP contribution in [0.4, 0.5) is 0 Å². The lowest BCUT2D eigenvalue weighted by Gasteiger charge is -2.14. The zero-order chi connectivity index (χ0) is 13.3. The second kappa shape index (κ2) is 8.40. The molecular formula is C10H14O7. The van der Waals surface area contributed by atoms with Crippen LogP contribution in [0.3, 0.4) is 0 Å². The number of hydrogen-bond donors (Lipinski definition) is 2. The number of rotatable bonds is 9. The lowest BCUT2D eigenvalue weighted by atomic mass is 10.2. The summed E-state index contributed by atoms with van der Waals surface area (Å²) in [5, 5.41) is 17.6. The Labute approximate surface area is 97.4 Å². The Morgan fingerprint density at radius 1 is 1.12 bits per heavy atom. The molecule has 0 bridgehead atoms. The van der Waals surface area contributed by atoms with Crippen molar-refractivity contribution in [1.29, 1.82) is 0 Å². The van der Waals surface area contributed by atoms with Crippen LogP contribution in [0, 0.1) is 0 Å². The van der Waals surface area contributed by atoms with E-state index in [1.807, 2.05) is 0 Å². The lowest BCUT2D eigenvalue weighted by Crippen LogP contribution is -2.24. The van der Waals surface area contributed by atoms with Gasteiger partial charge in [-0.1, -0.05) is 0 Å². The van der Waals surface area contributed by atoms with E-state index in [-0.39, 0.29) is 12.8 Å². The number of carboxylic acids is 1. The molecule has 0 saturated heterocycles. The third-order valence-corrected chi connectivity index (χ3v) is 1.83. The first-order valence-corrected chi connectivity index (χ1v) is 4.96. The van der Waals surface area contributed by atoms with Crippen LogP contribution in [0.5, 0.6) is 0 Å². The maximum absolute atomic E-state index is 11.2. The summed E-state index contributed by atoms with van der Waals surface area (Å²) in [5.41, 5.74) is 0. The molecule has 0 saturated carbocycles. The minimum atomic E-state index is -1.20. The molecule has 0 radical (unpaired) electrons. The topological polar surface area (TPSA) is 118 Å². The quantitative estimate of drug-likeness (QED) is 0.408. The highest BCUT2D eigenvalue weighted by molar-refractivity contribution is 5.73. The summed E-state index contributed by atoms with van der Waals surface area (Å²) in [6.45, 7) is 0. The minimum Gasteiger partial charge on any atom is -0.481 e. The van der Waals surface area contributed by atoms with Gasteiger partial charge in [0.1, 0.15) is 18.7 Å². The Bertz CT molecular complexity index is 286. The fraction of sp³-hybridized carbons (Fsp3) is 0.600. The van der Waals surface area contributed by atoms with Crippen molar-refractivity contribution >= 4 is 24.5 Å². The van der Waals surface area contributed by atoms with Crippen LogP contribution >= 0.6 is 0 Å². The normalized spacial score (nSPS) is 13.5. The fourth-order valence-electron chi connectivity index (χ4n) is 1.10. The molecule has 0 aromatic carbocycles. The molecule has 2 N–H and O–H groups in total. The van der Waals surface area contributed by atoms with Crippen molar-refractivity contribution in [2.45, 2.75) is 37.9 Å². The third-order valence-electron chi connectivity index (χ3n) is 1.83. The molecule has 17 heavy (non-hydrogen) atoms. The predicted octanol–water partition coefficient (Wildman–Crippen LogP) is -0.698. The van der Waals surface area contributed by atoms with Gasteiger partial charge in [0.15, 0.2) is 0 Å². The molecule has 0 aromatic heterocycles. The maximum Gasteiger partial charge on any atom is 0.308 e. The zero-order valence-electron chi connectivity index (χ0n) is 9.07. The molecular weight excluding hydrogens is 232 g/mol. The number of esters is 1. The summed E-state index contributed by atoms with van der Waals surface area (Å²) in [7, 11) is 0. The van der Waals surface area contributed by atoms with Gasteiger partial charge in [-0.05, 0) is 0 Å². The minimum absolute atomic E-state index is 0.202. The zero-order valence-corrected chi connectivity index (χ0v) is 9.07. The molecule has 2 atom stereocenters. The van der Waals surface area contributed by atoms with Crippen LogP contribution < -0.4 is 0 Å². The van der Waals surface area contributed by atoms with Crippen molar-refractivity contribution in [3.63, 3.8) is 0 Å². The average molecular weight is 246 g/mol. The van der Waals surface area contributed by atoms with Crippen LogP contribution in [0.15, 0.2) is 0 Å². The van der Waals surface area contributed by atoms with Crippen molar-refractivity contribution in [1.82, 2.24) is 0 Å². The molecule has 0 aromatic rings. The molecule has 96 valence electrons. The van der Waals surface area contributed by atoms with Gasteiger partial charge in [-0.2, -0.15) is 0 Å². The monoisotopic (exact) mass is 246 g/mol. The smallest absolute Gasteiger partial charge is 0.308 e. The first-order chi connectivity index (χ1) is 7.99. The second-order valence-electron chi connectivity index (χ2n) is 3.37. The van der Waals surface area contributed by atoms with Crippen molar-refractivity contribution in [2.75, 3.05) is 0 Å². The summed E-state index contributed by atoms with van der Waals surface area (Å²) < 4.78 is 4.69. The molecule has 7 nitrogen and oxygen atoms in total. The van der Waals surface area contributed by atoms with E-state index in [2.05, 4.69) is 0 Å². The van der Waals surface area contributed by atoms with Gasteiger partial charge in [-0.15, -0.1) is 0 Å². The number of aliphatic hydroxyl groups is 1. The fourth-order valence-corrected chi connectivity index (χ4v) is 1.10. The van der Waals surface area contributed by atoms with Gasteiger partial charge in [0, 0.05) is 12.8 Å². The van der Waals surface area contributed by atoms with Gasteiger partial charge in [-0.3, -0.25) is 9.59 Å². The van der Waals surface area contributed by atoms with E-state index in [9.17, 15) is 19.2 Å². The van der Waals surface area contributed by atoms with Crippen molar-refractivity contribution < 1.29 is 34.1 Å². The molecule has 0 heterocycles. The third kappa shape index (κ3) is 8.09. The number of aliphatic carboxylic acids is 1. The predicted molar refractivity (Wildman–Crippen MR) is 54.1 cm³/mol. The summed E-state index contributed by atoms with van der Waals surface area (Å²) in [6, 6.07) is 0. The van der Waals surface area contributed by atoms with E-state index in [1.54, 1.807) is 0 Å². The highest BCUT2D eigenvalue weighted by Crippen LogP contribution is 2.06. The molecule has 0 aliphatic carbocycles. The summed E-state index contributed by atoms with van der Waals surface area (Å²) in [4.78, 5) is 41.8. The number of aliphatic hydroxyl groups excluding tert-OH is 1. The molecule has 0 amide bonds. The summed E-state index contributed by atoms with van der Waals surface area (Å²) >= 11 is 0. The van der Waals surface area contributed by atoms with E-state index in [4.69, 9.17) is 14.9 Å². The first kappa shape index (κ1) is 15.2. The van der Waals surface area contributed by atoms with E-state index >= 15 is 0 Å². The molecule has 2 unspecified atom stereocenters. The molecule has 0 aliphatic heterocycles. The van der Waals surface area contributed by atoms with Crippen LogP contribution in [0.2, 0.25) is 0 Å². The highest BCUT2D eigenvalue weighted by atomic mass is 16.5. The molecule has 0 spiro atoms. The van der Waals surface area contributed by atoms with E-state index in [0.717, 1.165) is 0 Å². The van der Waals surface area contributed by atoms with E-state index < -0.39 is 37.0 Å². The molecule has 0 aliphatic rings. The van der Waals surface area contributed by atoms with E-state index in [0.29, 0.717) is 12.6 Å². The van der Waals surface area contributed by atoms with Gasteiger partial charge in [-0.25, -0.2) is 0 Å². The van der Waals surface area contributed by atoms with Gasteiger partial charge in [0.2, 0.25) is 0 Å². The number of hydrogen-bond acceptors (Lipinski definition) is 6. The van der Waals surface area contributed by atoms with Gasteiger partial charge in [0.25, 0.3) is 0 Å². The average Bonchev–Trinajstić information content (AvgIpc) is 2.16. The summed E-state index contributed by atoms with van der Waals surface area (Å²) in [6.07, 6.45) is -2.60. The Kier molecular flexibility index (Phi) is 7.53. The van der Waals surface area contributed by atoms with Crippen LogP contribution in [-0.2, 0) is 23.9 Å². The van der Waals surface area contributed by atoms with Crippen molar-refractivity contribution in [2.24, 2.45) is 0 Å². The summed E-state index contributed by atoms with van der Waals surface area (Å²) in [5.74, 6) is -2.04. The van der Waals surface area contributed by atoms with Crippen LogP contribution in [0.25, 0.3) is 0 Å². The lowest BCUT2D eigenvalue weighted by molar-refractivity contribution is -0.154. The molecule has 0 fully saturated rings. The van der Waals surface area contributed by atoms with Crippen LogP contribution in [-0.4, -0.2) is 46.9 Å². The number of carboxylic acid groups (broad SMARTS) is 1.